The number of methoxy groups -OCH3 is 1. The van der Waals surface area contributed by atoms with Gasteiger partial charge in [-0.2, -0.15) is 0 Å². The van der Waals surface area contributed by atoms with E-state index in [1.54, 1.807) is 7.11 Å². The second-order valence-electron chi connectivity index (χ2n) is 4.75. The van der Waals surface area contributed by atoms with Gasteiger partial charge in [0.1, 0.15) is 11.3 Å². The summed E-state index contributed by atoms with van der Waals surface area (Å²) >= 11 is 0. The summed E-state index contributed by atoms with van der Waals surface area (Å²) in [6, 6.07) is 4.10. The summed E-state index contributed by atoms with van der Waals surface area (Å²) < 4.78 is 10.8. The van der Waals surface area contributed by atoms with Crippen molar-refractivity contribution in [3.8, 4) is 5.75 Å². The summed E-state index contributed by atoms with van der Waals surface area (Å²) in [4.78, 5) is 4.23. The van der Waals surface area contributed by atoms with Crippen LogP contribution in [0.2, 0.25) is 0 Å². The van der Waals surface area contributed by atoms with Crippen molar-refractivity contribution in [2.24, 2.45) is 0 Å². The number of hydrogen-bond donors (Lipinski definition) is 0. The van der Waals surface area contributed by atoms with E-state index in [2.05, 4.69) is 11.1 Å². The van der Waals surface area contributed by atoms with Gasteiger partial charge in [-0.3, -0.25) is 0 Å². The molecule has 0 aliphatic heterocycles. The summed E-state index contributed by atoms with van der Waals surface area (Å²) in [5.41, 5.74) is 3.04. The van der Waals surface area contributed by atoms with Crippen LogP contribution in [0, 0.1) is 0 Å². The van der Waals surface area contributed by atoms with Crippen LogP contribution in [0.5, 0.6) is 5.75 Å². The van der Waals surface area contributed by atoms with E-state index < -0.39 is 0 Å². The van der Waals surface area contributed by atoms with Gasteiger partial charge in [0.15, 0.2) is 12.0 Å². The van der Waals surface area contributed by atoms with E-state index in [0.29, 0.717) is 5.92 Å². The molecule has 1 heterocycles. The van der Waals surface area contributed by atoms with Crippen LogP contribution in [0.1, 0.15) is 43.6 Å². The minimum atomic E-state index is 0.625. The van der Waals surface area contributed by atoms with Gasteiger partial charge in [-0.05, 0) is 30.4 Å². The molecule has 1 aromatic heterocycles. The highest BCUT2D eigenvalue weighted by molar-refractivity contribution is 5.76. The molecule has 1 aromatic carbocycles. The van der Waals surface area contributed by atoms with Gasteiger partial charge in [0.25, 0.3) is 0 Å². The van der Waals surface area contributed by atoms with Crippen LogP contribution in [-0.2, 0) is 0 Å². The fraction of sp³-hybridized carbons (Fsp3) is 0.500. The van der Waals surface area contributed by atoms with Gasteiger partial charge in [-0.25, -0.2) is 4.98 Å². The third-order valence-corrected chi connectivity index (χ3v) is 3.73. The second-order valence-corrected chi connectivity index (χ2v) is 4.75. The van der Waals surface area contributed by atoms with E-state index in [4.69, 9.17) is 9.15 Å². The van der Waals surface area contributed by atoms with Crippen molar-refractivity contribution in [2.75, 3.05) is 7.11 Å². The topological polar surface area (TPSA) is 35.3 Å². The Hall–Kier alpha value is -1.51. The second kappa shape index (κ2) is 4.40. The largest absolute Gasteiger partial charge is 0.496 e. The van der Waals surface area contributed by atoms with Gasteiger partial charge in [0.2, 0.25) is 0 Å². The van der Waals surface area contributed by atoms with Gasteiger partial charge < -0.3 is 9.15 Å². The molecule has 0 bridgehead atoms. The molecule has 3 rings (SSSR count). The van der Waals surface area contributed by atoms with Gasteiger partial charge in [0.05, 0.1) is 7.11 Å². The van der Waals surface area contributed by atoms with Gasteiger partial charge in [0, 0.05) is 6.07 Å². The molecule has 1 fully saturated rings. The van der Waals surface area contributed by atoms with Crippen molar-refractivity contribution < 1.29 is 9.15 Å². The van der Waals surface area contributed by atoms with Crippen LogP contribution in [-0.4, -0.2) is 12.1 Å². The lowest BCUT2D eigenvalue weighted by Crippen LogP contribution is -2.06. The Kier molecular flexibility index (Phi) is 2.75. The monoisotopic (exact) mass is 231 g/mol. The summed E-state index contributed by atoms with van der Waals surface area (Å²) in [7, 11) is 1.73. The SMILES string of the molecule is COc1cc2ocnc2cc1C1CCCCC1. The molecule has 2 aromatic rings. The van der Waals surface area contributed by atoms with Gasteiger partial charge in [-0.15, -0.1) is 0 Å². The highest BCUT2D eigenvalue weighted by Gasteiger charge is 2.20. The molecule has 0 N–H and O–H groups in total. The van der Waals surface area contributed by atoms with Crippen molar-refractivity contribution in [3.05, 3.63) is 24.1 Å². The molecule has 0 saturated heterocycles. The minimum Gasteiger partial charge on any atom is -0.496 e. The predicted molar refractivity (Wildman–Crippen MR) is 66.4 cm³/mol. The molecule has 0 amide bonds. The van der Waals surface area contributed by atoms with Crippen LogP contribution in [0.15, 0.2) is 22.9 Å². The number of rotatable bonds is 2. The third kappa shape index (κ3) is 1.90. The number of ether oxygens (including phenoxy) is 1. The average Bonchev–Trinajstić information content (AvgIpc) is 2.85. The lowest BCUT2D eigenvalue weighted by atomic mass is 9.83. The fourth-order valence-corrected chi connectivity index (χ4v) is 2.81. The molecule has 90 valence electrons. The van der Waals surface area contributed by atoms with E-state index in [1.807, 2.05) is 6.07 Å². The fourth-order valence-electron chi connectivity index (χ4n) is 2.81. The van der Waals surface area contributed by atoms with E-state index in [9.17, 15) is 0 Å². The Bertz CT molecular complexity index is 512. The van der Waals surface area contributed by atoms with Crippen molar-refractivity contribution in [3.63, 3.8) is 0 Å². The average molecular weight is 231 g/mol. The molecule has 1 aliphatic carbocycles. The molecule has 3 nitrogen and oxygen atoms in total. The van der Waals surface area contributed by atoms with Crippen molar-refractivity contribution >= 4 is 11.1 Å². The first kappa shape index (κ1) is 10.6. The summed E-state index contributed by atoms with van der Waals surface area (Å²) in [5, 5.41) is 0. The smallest absolute Gasteiger partial charge is 0.181 e. The van der Waals surface area contributed by atoms with Crippen LogP contribution in [0.4, 0.5) is 0 Å². The Morgan fingerprint density at radius 3 is 2.82 bits per heavy atom. The van der Waals surface area contributed by atoms with Crippen molar-refractivity contribution in [1.29, 1.82) is 0 Å². The van der Waals surface area contributed by atoms with E-state index in [1.165, 1.54) is 44.1 Å². The number of aromatic nitrogens is 1. The highest BCUT2D eigenvalue weighted by atomic mass is 16.5. The molecule has 0 radical (unpaired) electrons. The molecule has 3 heteroatoms. The predicted octanol–water partition coefficient (Wildman–Crippen LogP) is 3.88. The van der Waals surface area contributed by atoms with Crippen LogP contribution in [0.25, 0.3) is 11.1 Å². The first-order valence-corrected chi connectivity index (χ1v) is 6.29. The van der Waals surface area contributed by atoms with Crippen LogP contribution < -0.4 is 4.74 Å². The maximum atomic E-state index is 5.49. The van der Waals surface area contributed by atoms with Gasteiger partial charge >= 0.3 is 0 Å². The quantitative estimate of drug-likeness (QED) is 0.786. The zero-order valence-corrected chi connectivity index (χ0v) is 10.1. The maximum Gasteiger partial charge on any atom is 0.181 e. The Balaban J connectivity index is 2.05. The first-order valence-electron chi connectivity index (χ1n) is 6.29. The normalized spacial score (nSPS) is 17.5. The molecule has 1 saturated carbocycles. The molecular weight excluding hydrogens is 214 g/mol. The molecule has 1 aliphatic rings. The summed E-state index contributed by atoms with van der Waals surface area (Å²) in [5.74, 6) is 1.57. The lowest BCUT2D eigenvalue weighted by Gasteiger charge is -2.23. The number of nitrogens with zero attached hydrogens (tertiary/aromatic N) is 1. The van der Waals surface area contributed by atoms with E-state index in [0.717, 1.165) is 16.8 Å². The van der Waals surface area contributed by atoms with Crippen LogP contribution in [0.3, 0.4) is 0 Å². The number of oxazole rings is 1. The van der Waals surface area contributed by atoms with E-state index in [-0.39, 0.29) is 0 Å². The minimum absolute atomic E-state index is 0.625. The first-order chi connectivity index (χ1) is 8.38. The molecule has 0 atom stereocenters. The molecular formula is C14H17NO2. The van der Waals surface area contributed by atoms with Crippen LogP contribution >= 0.6 is 0 Å². The number of fused-ring (bicyclic) bond motifs is 1. The third-order valence-electron chi connectivity index (χ3n) is 3.73. The maximum absolute atomic E-state index is 5.49. The Morgan fingerprint density at radius 2 is 2.06 bits per heavy atom. The number of hydrogen-bond acceptors (Lipinski definition) is 3. The zero-order valence-electron chi connectivity index (χ0n) is 10.1. The standard InChI is InChI=1S/C14H17NO2/c1-16-13-8-14-12(15-9-17-14)7-11(13)10-5-3-2-4-6-10/h7-10H,2-6H2,1H3. The summed E-state index contributed by atoms with van der Waals surface area (Å²) in [6.07, 6.45) is 8.04. The highest BCUT2D eigenvalue weighted by Crippen LogP contribution is 2.39. The Labute approximate surface area is 101 Å². The molecule has 0 unspecified atom stereocenters. The number of benzene rings is 1. The summed E-state index contributed by atoms with van der Waals surface area (Å²) in [6.45, 7) is 0. The molecule has 0 spiro atoms. The lowest BCUT2D eigenvalue weighted by molar-refractivity contribution is 0.387. The molecule has 17 heavy (non-hydrogen) atoms. The Morgan fingerprint density at radius 1 is 1.24 bits per heavy atom. The zero-order chi connectivity index (χ0) is 11.7. The van der Waals surface area contributed by atoms with Gasteiger partial charge in [-0.1, -0.05) is 19.3 Å². The van der Waals surface area contributed by atoms with Crippen molar-refractivity contribution in [1.82, 2.24) is 4.98 Å². The van der Waals surface area contributed by atoms with Crippen molar-refractivity contribution in [2.45, 2.75) is 38.0 Å². The van der Waals surface area contributed by atoms with E-state index >= 15 is 0 Å².